The molecule has 20 heavy (non-hydrogen) atoms. The Hall–Kier alpha value is -2.07. The van der Waals surface area contributed by atoms with Crippen molar-refractivity contribution in [1.29, 1.82) is 5.26 Å². The predicted octanol–water partition coefficient (Wildman–Crippen LogP) is 1.35. The highest BCUT2D eigenvalue weighted by Crippen LogP contribution is 2.15. The van der Waals surface area contributed by atoms with Crippen molar-refractivity contribution in [1.82, 2.24) is 0 Å². The van der Waals surface area contributed by atoms with E-state index in [1.165, 1.54) is 7.11 Å². The Morgan fingerprint density at radius 1 is 1.35 bits per heavy atom. The quantitative estimate of drug-likeness (QED) is 0.766. The molecule has 1 aromatic carbocycles. The molecule has 1 amide bonds. The number of rotatable bonds is 7. The number of carbonyl (C=O) groups excluding carboxylic acids is 1. The van der Waals surface area contributed by atoms with Gasteiger partial charge in [0.25, 0.3) is 0 Å². The van der Waals surface area contributed by atoms with E-state index < -0.39 is 21.5 Å². The highest BCUT2D eigenvalue weighted by atomic mass is 32.2. The number of carbonyl (C=O) groups is 1. The minimum Gasteiger partial charge on any atom is -0.497 e. The second-order valence-corrected chi connectivity index (χ2v) is 6.31. The van der Waals surface area contributed by atoms with Crippen LogP contribution in [0.5, 0.6) is 5.75 Å². The summed E-state index contributed by atoms with van der Waals surface area (Å²) in [4.78, 5) is 11.6. The highest BCUT2D eigenvalue weighted by molar-refractivity contribution is 7.92. The number of sulfone groups is 1. The van der Waals surface area contributed by atoms with Gasteiger partial charge in [-0.3, -0.25) is 4.79 Å². The number of nitrogens with zero attached hydrogens (tertiary/aromatic N) is 1. The Balaban J connectivity index is 2.52. The minimum atomic E-state index is -3.47. The lowest BCUT2D eigenvalue weighted by Gasteiger charge is -2.06. The number of methoxy groups -OCH3 is 1. The standard InChI is InChI=1S/C13H16N2O4S/c1-19-12-6-4-11(5-7-12)15-13(16)10-20(17,18)9-3-2-8-14/h4-7H,2-3,9-10H2,1H3,(H,15,16). The van der Waals surface area contributed by atoms with Gasteiger partial charge >= 0.3 is 0 Å². The Bertz CT molecular complexity index is 588. The summed E-state index contributed by atoms with van der Waals surface area (Å²) >= 11 is 0. The van der Waals surface area contributed by atoms with E-state index in [4.69, 9.17) is 10.00 Å². The van der Waals surface area contributed by atoms with Crippen LogP contribution in [0.25, 0.3) is 0 Å². The molecule has 1 N–H and O–H groups in total. The maximum atomic E-state index is 11.6. The third-order valence-corrected chi connectivity index (χ3v) is 4.08. The molecule has 1 aromatic rings. The van der Waals surface area contributed by atoms with Gasteiger partial charge in [-0.15, -0.1) is 0 Å². The highest BCUT2D eigenvalue weighted by Gasteiger charge is 2.16. The molecule has 0 radical (unpaired) electrons. The molecule has 0 aliphatic carbocycles. The van der Waals surface area contributed by atoms with Crippen LogP contribution in [0.3, 0.4) is 0 Å². The smallest absolute Gasteiger partial charge is 0.239 e. The number of ether oxygens (including phenoxy) is 1. The average Bonchev–Trinajstić information content (AvgIpc) is 2.39. The summed E-state index contributed by atoms with van der Waals surface area (Å²) in [6, 6.07) is 8.44. The van der Waals surface area contributed by atoms with E-state index in [0.717, 1.165) is 0 Å². The zero-order chi connectivity index (χ0) is 15.0. The van der Waals surface area contributed by atoms with Crippen molar-refractivity contribution in [2.75, 3.05) is 23.9 Å². The van der Waals surface area contributed by atoms with E-state index in [-0.39, 0.29) is 18.6 Å². The summed E-state index contributed by atoms with van der Waals surface area (Å²) in [6.45, 7) is 0. The van der Waals surface area contributed by atoms with Crippen LogP contribution >= 0.6 is 0 Å². The molecule has 0 unspecified atom stereocenters. The fraction of sp³-hybridized carbons (Fsp3) is 0.385. The van der Waals surface area contributed by atoms with Gasteiger partial charge in [-0.05, 0) is 30.7 Å². The Morgan fingerprint density at radius 2 is 2.00 bits per heavy atom. The van der Waals surface area contributed by atoms with Crippen LogP contribution in [0.4, 0.5) is 5.69 Å². The Kier molecular flexibility index (Phi) is 6.00. The number of unbranched alkanes of at least 4 members (excludes halogenated alkanes) is 1. The van der Waals surface area contributed by atoms with Crippen molar-refractivity contribution in [2.24, 2.45) is 0 Å². The molecule has 0 saturated carbocycles. The van der Waals surface area contributed by atoms with Crippen LogP contribution in [0.2, 0.25) is 0 Å². The van der Waals surface area contributed by atoms with E-state index in [1.807, 2.05) is 6.07 Å². The van der Waals surface area contributed by atoms with Crippen molar-refractivity contribution in [3.8, 4) is 11.8 Å². The van der Waals surface area contributed by atoms with Gasteiger partial charge in [0, 0.05) is 12.1 Å². The maximum Gasteiger partial charge on any atom is 0.239 e. The maximum absolute atomic E-state index is 11.6. The fourth-order valence-corrected chi connectivity index (χ4v) is 2.71. The topological polar surface area (TPSA) is 96.3 Å². The van der Waals surface area contributed by atoms with Crippen molar-refractivity contribution < 1.29 is 17.9 Å². The third-order valence-electron chi connectivity index (χ3n) is 2.47. The van der Waals surface area contributed by atoms with Crippen molar-refractivity contribution >= 4 is 21.4 Å². The monoisotopic (exact) mass is 296 g/mol. The first-order chi connectivity index (χ1) is 9.46. The normalized spacial score (nSPS) is 10.6. The van der Waals surface area contributed by atoms with E-state index in [2.05, 4.69) is 5.32 Å². The molecule has 6 nitrogen and oxygen atoms in total. The van der Waals surface area contributed by atoms with Gasteiger partial charge in [0.2, 0.25) is 5.91 Å². The second kappa shape index (κ2) is 7.50. The summed E-state index contributed by atoms with van der Waals surface area (Å²) < 4.78 is 28.2. The van der Waals surface area contributed by atoms with E-state index >= 15 is 0 Å². The molecule has 0 bridgehead atoms. The molecular formula is C13H16N2O4S. The van der Waals surface area contributed by atoms with Gasteiger partial charge in [0.15, 0.2) is 9.84 Å². The molecule has 7 heteroatoms. The molecular weight excluding hydrogens is 280 g/mol. The van der Waals surface area contributed by atoms with Crippen LogP contribution in [0.15, 0.2) is 24.3 Å². The molecule has 1 rings (SSSR count). The number of benzene rings is 1. The lowest BCUT2D eigenvalue weighted by molar-refractivity contribution is -0.113. The summed E-state index contributed by atoms with van der Waals surface area (Å²) in [7, 11) is -1.94. The molecule has 0 fully saturated rings. The summed E-state index contributed by atoms with van der Waals surface area (Å²) in [5, 5.41) is 10.8. The Labute approximate surface area is 118 Å². The number of hydrogen-bond donors (Lipinski definition) is 1. The van der Waals surface area contributed by atoms with Gasteiger partial charge in [-0.2, -0.15) is 5.26 Å². The number of anilines is 1. The van der Waals surface area contributed by atoms with Crippen LogP contribution in [0, 0.1) is 11.3 Å². The molecule has 0 spiro atoms. The van der Waals surface area contributed by atoms with Crippen LogP contribution in [0.1, 0.15) is 12.8 Å². The lowest BCUT2D eigenvalue weighted by atomic mass is 10.3. The number of nitrogens with one attached hydrogen (secondary N) is 1. The molecule has 108 valence electrons. The van der Waals surface area contributed by atoms with Crippen molar-refractivity contribution in [3.63, 3.8) is 0 Å². The number of amides is 1. The summed E-state index contributed by atoms with van der Waals surface area (Å²) in [5.41, 5.74) is 0.503. The van der Waals surface area contributed by atoms with Crippen molar-refractivity contribution in [2.45, 2.75) is 12.8 Å². The largest absolute Gasteiger partial charge is 0.497 e. The summed E-state index contributed by atoms with van der Waals surface area (Å²) in [5.74, 6) is -0.680. The van der Waals surface area contributed by atoms with Gasteiger partial charge in [0.05, 0.1) is 18.9 Å². The minimum absolute atomic E-state index is 0.156. The van der Waals surface area contributed by atoms with Gasteiger partial charge < -0.3 is 10.1 Å². The van der Waals surface area contributed by atoms with E-state index in [1.54, 1.807) is 24.3 Å². The lowest BCUT2D eigenvalue weighted by Crippen LogP contribution is -2.24. The second-order valence-electron chi connectivity index (χ2n) is 4.13. The average molecular weight is 296 g/mol. The third kappa shape index (κ3) is 5.71. The van der Waals surface area contributed by atoms with Crippen molar-refractivity contribution in [3.05, 3.63) is 24.3 Å². The summed E-state index contributed by atoms with van der Waals surface area (Å²) in [6.07, 6.45) is 0.411. The fourth-order valence-electron chi connectivity index (χ4n) is 1.51. The van der Waals surface area contributed by atoms with E-state index in [9.17, 15) is 13.2 Å². The number of nitriles is 1. The molecule has 0 aromatic heterocycles. The molecule has 0 aliphatic heterocycles. The Morgan fingerprint density at radius 3 is 2.55 bits per heavy atom. The molecule has 0 heterocycles. The van der Waals surface area contributed by atoms with Gasteiger partial charge in [-0.25, -0.2) is 8.42 Å². The first kappa shape index (κ1) is 16.0. The zero-order valence-corrected chi connectivity index (χ0v) is 11.9. The van der Waals surface area contributed by atoms with Gasteiger partial charge in [0.1, 0.15) is 11.5 Å². The molecule has 0 aliphatic rings. The number of hydrogen-bond acceptors (Lipinski definition) is 5. The van der Waals surface area contributed by atoms with Crippen LogP contribution in [-0.4, -0.2) is 32.9 Å². The zero-order valence-electron chi connectivity index (χ0n) is 11.1. The first-order valence-electron chi connectivity index (χ1n) is 5.98. The first-order valence-corrected chi connectivity index (χ1v) is 7.80. The van der Waals surface area contributed by atoms with E-state index in [0.29, 0.717) is 11.4 Å². The molecule has 0 saturated heterocycles. The van der Waals surface area contributed by atoms with Crippen LogP contribution in [-0.2, 0) is 14.6 Å². The van der Waals surface area contributed by atoms with Crippen LogP contribution < -0.4 is 10.1 Å². The van der Waals surface area contributed by atoms with Gasteiger partial charge in [-0.1, -0.05) is 0 Å². The predicted molar refractivity (Wildman–Crippen MR) is 75.1 cm³/mol. The molecule has 0 atom stereocenters. The SMILES string of the molecule is COc1ccc(NC(=O)CS(=O)(=O)CCCC#N)cc1.